The minimum atomic E-state index is -3.60. The van der Waals surface area contributed by atoms with Crippen LogP contribution < -0.4 is 10.0 Å². The van der Waals surface area contributed by atoms with Gasteiger partial charge in [0.15, 0.2) is 5.03 Å². The van der Waals surface area contributed by atoms with E-state index in [0.29, 0.717) is 24.4 Å². The zero-order valence-corrected chi connectivity index (χ0v) is 15.4. The van der Waals surface area contributed by atoms with E-state index >= 15 is 0 Å². The minimum Gasteiger partial charge on any atom is -0.352 e. The Morgan fingerprint density at radius 1 is 1.33 bits per heavy atom. The van der Waals surface area contributed by atoms with Crippen molar-refractivity contribution in [3.05, 3.63) is 40.0 Å². The van der Waals surface area contributed by atoms with Crippen molar-refractivity contribution < 1.29 is 13.2 Å². The first-order valence-electron chi connectivity index (χ1n) is 7.45. The van der Waals surface area contributed by atoms with Crippen molar-refractivity contribution in [1.82, 2.24) is 20.0 Å². The van der Waals surface area contributed by atoms with Crippen molar-refractivity contribution in [2.45, 2.75) is 31.2 Å². The maximum absolute atomic E-state index is 12.0. The predicted octanol–water partition coefficient (Wildman–Crippen LogP) is 1.54. The number of sulfonamides is 1. The van der Waals surface area contributed by atoms with Gasteiger partial charge in [-0.3, -0.25) is 4.79 Å². The monoisotopic (exact) mass is 368 g/mol. The summed E-state index contributed by atoms with van der Waals surface area (Å²) in [5, 5.41) is 5.74. The molecule has 0 radical (unpaired) electrons. The van der Waals surface area contributed by atoms with Crippen LogP contribution in [0.15, 0.2) is 28.7 Å². The highest BCUT2D eigenvalue weighted by atomic mass is 32.2. The summed E-state index contributed by atoms with van der Waals surface area (Å²) in [6, 6.07) is 2.74. The van der Waals surface area contributed by atoms with E-state index in [2.05, 4.69) is 33.9 Å². The van der Waals surface area contributed by atoms with Gasteiger partial charge in [0.05, 0.1) is 16.3 Å². The minimum absolute atomic E-state index is 0.120. The summed E-state index contributed by atoms with van der Waals surface area (Å²) in [5.41, 5.74) is 1.27. The molecule has 2 N–H and O–H groups in total. The van der Waals surface area contributed by atoms with Crippen LogP contribution in [-0.2, 0) is 16.4 Å². The fourth-order valence-electron chi connectivity index (χ4n) is 1.89. The van der Waals surface area contributed by atoms with Crippen LogP contribution in [-0.4, -0.2) is 37.9 Å². The molecule has 0 aliphatic rings. The number of nitrogens with zero attached hydrogens (tertiary/aromatic N) is 2. The molecule has 9 heteroatoms. The first-order chi connectivity index (χ1) is 11.3. The molecule has 7 nitrogen and oxygen atoms in total. The Bertz CT molecular complexity index is 798. The van der Waals surface area contributed by atoms with Crippen LogP contribution in [0.2, 0.25) is 0 Å². The second-order valence-electron chi connectivity index (χ2n) is 5.43. The maximum atomic E-state index is 12.0. The van der Waals surface area contributed by atoms with Gasteiger partial charge < -0.3 is 5.32 Å². The molecule has 2 aromatic heterocycles. The molecule has 0 aromatic carbocycles. The Morgan fingerprint density at radius 3 is 2.62 bits per heavy atom. The van der Waals surface area contributed by atoms with Crippen LogP contribution in [0.4, 0.5) is 0 Å². The van der Waals surface area contributed by atoms with E-state index < -0.39 is 10.0 Å². The number of pyridine rings is 1. The van der Waals surface area contributed by atoms with Crippen molar-refractivity contribution in [3.63, 3.8) is 0 Å². The van der Waals surface area contributed by atoms with Crippen molar-refractivity contribution >= 4 is 27.3 Å². The SMILES string of the molecule is CNS(=O)(=O)c1ccc(C(=O)NCCc2csc(C(C)C)n2)cn1. The van der Waals surface area contributed by atoms with Gasteiger partial charge in [-0.1, -0.05) is 13.8 Å². The standard InChI is InChI=1S/C15H20N4O3S2/c1-10(2)15-19-12(9-23-15)6-7-17-14(20)11-4-5-13(18-8-11)24(21,22)16-3/h4-5,8-10,16H,6-7H2,1-3H3,(H,17,20). The molecule has 24 heavy (non-hydrogen) atoms. The Morgan fingerprint density at radius 2 is 2.08 bits per heavy atom. The van der Waals surface area contributed by atoms with Crippen molar-refractivity contribution in [2.75, 3.05) is 13.6 Å². The van der Waals surface area contributed by atoms with E-state index in [0.717, 1.165) is 10.7 Å². The Labute approximate surface area is 145 Å². The number of hydrogen-bond donors (Lipinski definition) is 2. The molecule has 2 rings (SSSR count). The molecule has 1 amide bonds. The normalized spacial score (nSPS) is 11.7. The molecule has 0 saturated heterocycles. The molecule has 0 unspecified atom stereocenters. The topological polar surface area (TPSA) is 101 Å². The van der Waals surface area contributed by atoms with Crippen LogP contribution in [0, 0.1) is 0 Å². The molecule has 0 bridgehead atoms. The molecule has 2 heterocycles. The zero-order chi connectivity index (χ0) is 17.7. The third kappa shape index (κ3) is 4.59. The Balaban J connectivity index is 1.90. The van der Waals surface area contributed by atoms with Crippen LogP contribution in [0.25, 0.3) is 0 Å². The molecule has 0 aliphatic heterocycles. The fraction of sp³-hybridized carbons (Fsp3) is 0.400. The van der Waals surface area contributed by atoms with E-state index in [1.165, 1.54) is 25.4 Å². The van der Waals surface area contributed by atoms with Gasteiger partial charge in [-0.05, 0) is 19.2 Å². The highest BCUT2D eigenvalue weighted by Crippen LogP contribution is 2.19. The summed E-state index contributed by atoms with van der Waals surface area (Å²) < 4.78 is 25.3. The van der Waals surface area contributed by atoms with Gasteiger partial charge in [-0.15, -0.1) is 11.3 Å². The second kappa shape index (κ2) is 7.82. The molecule has 0 atom stereocenters. The summed E-state index contributed by atoms with van der Waals surface area (Å²) >= 11 is 1.62. The quantitative estimate of drug-likeness (QED) is 0.772. The lowest BCUT2D eigenvalue weighted by atomic mass is 10.2. The third-order valence-corrected chi connectivity index (χ3v) is 5.80. The Kier molecular flexibility index (Phi) is 6.03. The highest BCUT2D eigenvalue weighted by molar-refractivity contribution is 7.89. The van der Waals surface area contributed by atoms with Crippen molar-refractivity contribution in [2.24, 2.45) is 0 Å². The third-order valence-electron chi connectivity index (χ3n) is 3.27. The lowest BCUT2D eigenvalue weighted by Crippen LogP contribution is -2.26. The lowest BCUT2D eigenvalue weighted by molar-refractivity contribution is 0.0953. The number of hydrogen-bond acceptors (Lipinski definition) is 6. The number of carbonyl (C=O) groups excluding carboxylic acids is 1. The van der Waals surface area contributed by atoms with Crippen molar-refractivity contribution in [3.8, 4) is 0 Å². The van der Waals surface area contributed by atoms with Crippen LogP contribution in [0.5, 0.6) is 0 Å². The molecule has 0 spiro atoms. The van der Waals surface area contributed by atoms with E-state index in [-0.39, 0.29) is 10.9 Å². The fourth-order valence-corrected chi connectivity index (χ4v) is 3.40. The average Bonchev–Trinajstić information content (AvgIpc) is 3.04. The second-order valence-corrected chi connectivity index (χ2v) is 8.15. The Hall–Kier alpha value is -1.84. The molecule has 2 aromatic rings. The van der Waals surface area contributed by atoms with Crippen LogP contribution >= 0.6 is 11.3 Å². The van der Waals surface area contributed by atoms with Gasteiger partial charge >= 0.3 is 0 Å². The smallest absolute Gasteiger partial charge is 0.257 e. The largest absolute Gasteiger partial charge is 0.352 e. The summed E-state index contributed by atoms with van der Waals surface area (Å²) in [7, 11) is -2.29. The number of aromatic nitrogens is 2. The predicted molar refractivity (Wildman–Crippen MR) is 92.7 cm³/mol. The number of amides is 1. The van der Waals surface area contributed by atoms with Gasteiger partial charge in [0, 0.05) is 30.5 Å². The number of nitrogens with one attached hydrogen (secondary N) is 2. The molecule has 0 aliphatic carbocycles. The van der Waals surface area contributed by atoms with E-state index in [4.69, 9.17) is 0 Å². The molecular formula is C15H20N4O3S2. The van der Waals surface area contributed by atoms with Gasteiger partial charge in [-0.25, -0.2) is 23.1 Å². The lowest BCUT2D eigenvalue weighted by Gasteiger charge is -2.05. The van der Waals surface area contributed by atoms with E-state index in [1.807, 2.05) is 5.38 Å². The highest BCUT2D eigenvalue weighted by Gasteiger charge is 2.14. The van der Waals surface area contributed by atoms with Gasteiger partial charge in [-0.2, -0.15) is 0 Å². The van der Waals surface area contributed by atoms with Crippen molar-refractivity contribution in [1.29, 1.82) is 0 Å². The maximum Gasteiger partial charge on any atom is 0.257 e. The summed E-state index contributed by atoms with van der Waals surface area (Å²) in [6.45, 7) is 4.64. The summed E-state index contributed by atoms with van der Waals surface area (Å²) in [4.78, 5) is 20.4. The van der Waals surface area contributed by atoms with Crippen LogP contribution in [0.1, 0.15) is 40.8 Å². The molecule has 130 valence electrons. The van der Waals surface area contributed by atoms with Gasteiger partial charge in [0.1, 0.15) is 0 Å². The first kappa shape index (κ1) is 18.5. The molecular weight excluding hydrogens is 348 g/mol. The van der Waals surface area contributed by atoms with Crippen LogP contribution in [0.3, 0.4) is 0 Å². The van der Waals surface area contributed by atoms with Gasteiger partial charge in [0.2, 0.25) is 0 Å². The number of carbonyl (C=O) groups is 1. The summed E-state index contributed by atoms with van der Waals surface area (Å²) in [5.74, 6) is 0.104. The molecule has 0 fully saturated rings. The summed E-state index contributed by atoms with van der Waals surface area (Å²) in [6.07, 6.45) is 1.90. The zero-order valence-electron chi connectivity index (χ0n) is 13.7. The van der Waals surface area contributed by atoms with E-state index in [1.54, 1.807) is 11.3 Å². The average molecular weight is 368 g/mol. The number of thiazole rings is 1. The molecule has 0 saturated carbocycles. The first-order valence-corrected chi connectivity index (χ1v) is 9.82. The van der Waals surface area contributed by atoms with E-state index in [9.17, 15) is 13.2 Å². The van der Waals surface area contributed by atoms with Gasteiger partial charge in [0.25, 0.3) is 15.9 Å². The number of rotatable bonds is 7.